The SMILES string of the molecule is COc1ccc(-c2nnc(SC[C@@H](O)COc3ccccc3C)o2)cc1OC. The van der Waals surface area contributed by atoms with Gasteiger partial charge in [-0.1, -0.05) is 30.0 Å². The fourth-order valence-electron chi connectivity index (χ4n) is 2.47. The zero-order chi connectivity index (χ0) is 19.9. The Kier molecular flexibility index (Phi) is 6.78. The first-order valence-corrected chi connectivity index (χ1v) is 9.64. The van der Waals surface area contributed by atoms with E-state index in [0.29, 0.717) is 28.4 Å². The van der Waals surface area contributed by atoms with Gasteiger partial charge >= 0.3 is 0 Å². The molecule has 28 heavy (non-hydrogen) atoms. The Labute approximate surface area is 167 Å². The zero-order valence-electron chi connectivity index (χ0n) is 15.9. The molecule has 8 heteroatoms. The first-order valence-electron chi connectivity index (χ1n) is 8.66. The van der Waals surface area contributed by atoms with Crippen molar-refractivity contribution in [1.82, 2.24) is 10.2 Å². The molecule has 3 aromatic rings. The van der Waals surface area contributed by atoms with E-state index in [4.69, 9.17) is 18.6 Å². The maximum absolute atomic E-state index is 10.1. The molecule has 0 fully saturated rings. The van der Waals surface area contributed by atoms with Gasteiger partial charge < -0.3 is 23.7 Å². The summed E-state index contributed by atoms with van der Waals surface area (Å²) >= 11 is 1.27. The molecule has 0 aliphatic rings. The van der Waals surface area contributed by atoms with Crippen LogP contribution in [-0.2, 0) is 0 Å². The van der Waals surface area contributed by atoms with Crippen molar-refractivity contribution in [3.63, 3.8) is 0 Å². The molecule has 0 aliphatic heterocycles. The quantitative estimate of drug-likeness (QED) is 0.544. The molecule has 0 bridgehead atoms. The second-order valence-electron chi connectivity index (χ2n) is 5.98. The summed E-state index contributed by atoms with van der Waals surface area (Å²) in [6.07, 6.45) is -0.666. The van der Waals surface area contributed by atoms with Crippen LogP contribution in [0.1, 0.15) is 5.56 Å². The standard InChI is InChI=1S/C20H22N2O5S/c1-13-6-4-5-7-16(13)26-11-15(23)12-28-20-22-21-19(27-20)14-8-9-17(24-2)18(10-14)25-3/h4-10,15,23H,11-12H2,1-3H3/t15-/m0/s1. The maximum Gasteiger partial charge on any atom is 0.276 e. The van der Waals surface area contributed by atoms with Gasteiger partial charge in [-0.3, -0.25) is 0 Å². The summed E-state index contributed by atoms with van der Waals surface area (Å²) in [6.45, 7) is 2.15. The number of aryl methyl sites for hydroxylation is 1. The van der Waals surface area contributed by atoms with Gasteiger partial charge in [-0.05, 0) is 36.8 Å². The Bertz CT molecular complexity index is 915. The highest BCUT2D eigenvalue weighted by atomic mass is 32.2. The van der Waals surface area contributed by atoms with Crippen LogP contribution in [0.2, 0.25) is 0 Å². The van der Waals surface area contributed by atoms with E-state index in [9.17, 15) is 5.11 Å². The topological polar surface area (TPSA) is 86.8 Å². The molecule has 1 aromatic heterocycles. The fourth-order valence-corrected chi connectivity index (χ4v) is 3.14. The Morgan fingerprint density at radius 2 is 1.82 bits per heavy atom. The highest BCUT2D eigenvalue weighted by molar-refractivity contribution is 7.99. The largest absolute Gasteiger partial charge is 0.493 e. The van der Waals surface area contributed by atoms with Gasteiger partial charge in [0.1, 0.15) is 12.4 Å². The Hall–Kier alpha value is -2.71. The average molecular weight is 402 g/mol. The molecule has 1 atom stereocenters. The normalized spacial score (nSPS) is 11.9. The number of aliphatic hydroxyl groups is 1. The average Bonchev–Trinajstić information content (AvgIpc) is 3.20. The summed E-state index contributed by atoms with van der Waals surface area (Å²) in [5.41, 5.74) is 1.75. The highest BCUT2D eigenvalue weighted by Crippen LogP contribution is 2.32. The van der Waals surface area contributed by atoms with Crippen molar-refractivity contribution < 1.29 is 23.7 Å². The molecule has 0 amide bonds. The van der Waals surface area contributed by atoms with Crippen molar-refractivity contribution in [3.05, 3.63) is 48.0 Å². The highest BCUT2D eigenvalue weighted by Gasteiger charge is 2.14. The van der Waals surface area contributed by atoms with E-state index >= 15 is 0 Å². The lowest BCUT2D eigenvalue weighted by Gasteiger charge is -2.12. The minimum absolute atomic E-state index is 0.189. The number of para-hydroxylation sites is 1. The Balaban J connectivity index is 1.55. The van der Waals surface area contributed by atoms with Crippen LogP contribution < -0.4 is 14.2 Å². The Morgan fingerprint density at radius 1 is 1.04 bits per heavy atom. The molecular formula is C20H22N2O5S. The van der Waals surface area contributed by atoms with Crippen molar-refractivity contribution in [2.45, 2.75) is 18.3 Å². The van der Waals surface area contributed by atoms with Crippen molar-refractivity contribution in [2.24, 2.45) is 0 Å². The lowest BCUT2D eigenvalue weighted by atomic mass is 10.2. The van der Waals surface area contributed by atoms with E-state index in [1.54, 1.807) is 26.4 Å². The summed E-state index contributed by atoms with van der Waals surface area (Å²) in [6, 6.07) is 13.0. The molecule has 1 heterocycles. The fraction of sp³-hybridized carbons (Fsp3) is 0.300. The zero-order valence-corrected chi connectivity index (χ0v) is 16.7. The van der Waals surface area contributed by atoms with Crippen LogP contribution in [-0.4, -0.2) is 48.0 Å². The van der Waals surface area contributed by atoms with Crippen molar-refractivity contribution >= 4 is 11.8 Å². The van der Waals surface area contributed by atoms with Gasteiger partial charge in [-0.25, -0.2) is 0 Å². The Morgan fingerprint density at radius 3 is 2.57 bits per heavy atom. The number of nitrogens with zero attached hydrogens (tertiary/aromatic N) is 2. The number of thioether (sulfide) groups is 1. The number of benzene rings is 2. The van der Waals surface area contributed by atoms with E-state index < -0.39 is 6.10 Å². The van der Waals surface area contributed by atoms with Crippen LogP contribution in [0.3, 0.4) is 0 Å². The first-order chi connectivity index (χ1) is 13.6. The monoisotopic (exact) mass is 402 g/mol. The van der Waals surface area contributed by atoms with Crippen LogP contribution in [0.15, 0.2) is 52.1 Å². The molecule has 0 saturated carbocycles. The summed E-state index contributed by atoms with van der Waals surface area (Å²) in [4.78, 5) is 0. The third-order valence-corrected chi connectivity index (χ3v) is 4.92. The van der Waals surface area contributed by atoms with E-state index in [0.717, 1.165) is 16.9 Å². The summed E-state index contributed by atoms with van der Waals surface area (Å²) in [5, 5.41) is 18.6. The van der Waals surface area contributed by atoms with Crippen LogP contribution in [0, 0.1) is 6.92 Å². The van der Waals surface area contributed by atoms with E-state index in [2.05, 4.69) is 10.2 Å². The van der Waals surface area contributed by atoms with E-state index in [1.165, 1.54) is 11.8 Å². The molecule has 0 unspecified atom stereocenters. The van der Waals surface area contributed by atoms with Gasteiger partial charge in [0.2, 0.25) is 5.89 Å². The molecule has 148 valence electrons. The van der Waals surface area contributed by atoms with Gasteiger partial charge in [-0.2, -0.15) is 0 Å². The van der Waals surface area contributed by atoms with E-state index in [-0.39, 0.29) is 6.61 Å². The number of ether oxygens (including phenoxy) is 3. The molecule has 0 saturated heterocycles. The summed E-state index contributed by atoms with van der Waals surface area (Å²) in [5.74, 6) is 2.71. The minimum atomic E-state index is -0.666. The molecule has 0 radical (unpaired) electrons. The van der Waals surface area contributed by atoms with Crippen LogP contribution in [0.4, 0.5) is 0 Å². The predicted molar refractivity (Wildman–Crippen MR) is 106 cm³/mol. The lowest BCUT2D eigenvalue weighted by Crippen LogP contribution is -2.20. The number of methoxy groups -OCH3 is 2. The minimum Gasteiger partial charge on any atom is -0.493 e. The molecule has 0 aliphatic carbocycles. The van der Waals surface area contributed by atoms with Gasteiger partial charge in [0, 0.05) is 11.3 Å². The number of hydrogen-bond donors (Lipinski definition) is 1. The number of hydrogen-bond acceptors (Lipinski definition) is 8. The lowest BCUT2D eigenvalue weighted by molar-refractivity contribution is 0.126. The molecule has 1 N–H and O–H groups in total. The molecule has 7 nitrogen and oxygen atoms in total. The summed E-state index contributed by atoms with van der Waals surface area (Å²) < 4.78 is 21.8. The number of aromatic nitrogens is 2. The van der Waals surface area contributed by atoms with Crippen molar-refractivity contribution in [2.75, 3.05) is 26.6 Å². The molecule has 2 aromatic carbocycles. The van der Waals surface area contributed by atoms with Crippen molar-refractivity contribution in [1.29, 1.82) is 0 Å². The van der Waals surface area contributed by atoms with Gasteiger partial charge in [0.25, 0.3) is 5.22 Å². The van der Waals surface area contributed by atoms with Crippen LogP contribution >= 0.6 is 11.8 Å². The molecular weight excluding hydrogens is 380 g/mol. The smallest absolute Gasteiger partial charge is 0.276 e. The van der Waals surface area contributed by atoms with Gasteiger partial charge in [0.05, 0.1) is 20.3 Å². The van der Waals surface area contributed by atoms with Gasteiger partial charge in [0.15, 0.2) is 11.5 Å². The molecule has 0 spiro atoms. The first kappa shape index (κ1) is 20.0. The number of aliphatic hydroxyl groups excluding tert-OH is 1. The summed E-state index contributed by atoms with van der Waals surface area (Å²) in [7, 11) is 3.14. The molecule has 3 rings (SSSR count). The van der Waals surface area contributed by atoms with Crippen molar-refractivity contribution in [3.8, 4) is 28.7 Å². The third kappa shape index (κ3) is 4.96. The van der Waals surface area contributed by atoms with Crippen LogP contribution in [0.5, 0.6) is 17.2 Å². The number of rotatable bonds is 9. The van der Waals surface area contributed by atoms with Gasteiger partial charge in [-0.15, -0.1) is 10.2 Å². The van der Waals surface area contributed by atoms with E-state index in [1.807, 2.05) is 37.3 Å². The second-order valence-corrected chi connectivity index (χ2v) is 6.96. The second kappa shape index (κ2) is 9.48. The predicted octanol–water partition coefficient (Wildman–Crippen LogP) is 3.59. The maximum atomic E-state index is 10.1. The van der Waals surface area contributed by atoms with Crippen LogP contribution in [0.25, 0.3) is 11.5 Å². The third-order valence-electron chi connectivity index (χ3n) is 3.96.